The fourth-order valence-electron chi connectivity index (χ4n) is 1.06. The zero-order valence-corrected chi connectivity index (χ0v) is 10.6. The van der Waals surface area contributed by atoms with Gasteiger partial charge in [0.2, 0.25) is 0 Å². The summed E-state index contributed by atoms with van der Waals surface area (Å²) in [4.78, 5) is 0. The van der Waals surface area contributed by atoms with Gasteiger partial charge in [0, 0.05) is 0 Å². The van der Waals surface area contributed by atoms with Crippen molar-refractivity contribution in [2.45, 2.75) is 13.0 Å². The molecule has 7 heteroatoms. The van der Waals surface area contributed by atoms with Gasteiger partial charge < -0.3 is 0 Å². The number of hydrogen-bond acceptors (Lipinski definition) is 4. The molecule has 0 aliphatic rings. The third-order valence-corrected chi connectivity index (χ3v) is 3.80. The van der Waals surface area contributed by atoms with Gasteiger partial charge in [0.05, 0.1) is 0 Å². The molecule has 0 spiro atoms. The van der Waals surface area contributed by atoms with Crippen molar-refractivity contribution < 1.29 is 21.8 Å². The van der Waals surface area contributed by atoms with Gasteiger partial charge in [0.25, 0.3) is 0 Å². The Hall–Kier alpha value is -0.942. The van der Waals surface area contributed by atoms with Crippen molar-refractivity contribution in [3.8, 4) is 5.75 Å². The molecule has 5 N–H and O–H groups in total. The second kappa shape index (κ2) is 4.93. The molecule has 1 aromatic carbocycles. The van der Waals surface area contributed by atoms with Gasteiger partial charge >= 0.3 is 95.3 Å². The first-order valence-corrected chi connectivity index (χ1v) is 7.95. The molecule has 0 radical (unpaired) electrons. The van der Waals surface area contributed by atoms with E-state index in [4.69, 9.17) is 23.8 Å². The number of hydrogen-bond donors (Lipinski definition) is 4. The van der Waals surface area contributed by atoms with Gasteiger partial charge in [-0.25, -0.2) is 0 Å². The van der Waals surface area contributed by atoms with Crippen molar-refractivity contribution in [3.63, 3.8) is 0 Å². The number of anilines is 1. The molecule has 0 bridgehead atoms. The summed E-state index contributed by atoms with van der Waals surface area (Å²) in [5.41, 5.74) is 5.71. The van der Waals surface area contributed by atoms with Crippen LogP contribution in [0.4, 0.5) is 5.69 Å². The number of nitrogen functional groups attached to an aromatic ring is 1. The molecule has 16 heavy (non-hydrogen) atoms. The number of aliphatic hydroxyl groups is 1. The molecular formula is C9H14AsNO5. The van der Waals surface area contributed by atoms with Crippen LogP contribution in [0.3, 0.4) is 0 Å². The number of aliphatic hydroxyl groups excluding tert-OH is 1. The number of rotatable bonds is 4. The zero-order valence-electron chi connectivity index (χ0n) is 8.70. The Morgan fingerprint density at radius 1 is 1.50 bits per heavy atom. The van der Waals surface area contributed by atoms with E-state index >= 15 is 0 Å². The molecule has 1 aromatic rings. The SMILES string of the molecule is CC(O)COc1ccc([As](=O)(O)O)cc1N. The maximum absolute atomic E-state index is 11.0. The van der Waals surface area contributed by atoms with E-state index in [1.165, 1.54) is 18.2 Å². The van der Waals surface area contributed by atoms with Crippen molar-refractivity contribution in [1.29, 1.82) is 0 Å². The normalized spacial score (nSPS) is 13.5. The van der Waals surface area contributed by atoms with Crippen LogP contribution in [0.2, 0.25) is 0 Å². The second-order valence-corrected chi connectivity index (χ2v) is 6.79. The van der Waals surface area contributed by atoms with E-state index in [1.54, 1.807) is 6.92 Å². The van der Waals surface area contributed by atoms with Gasteiger partial charge in [-0.3, -0.25) is 0 Å². The van der Waals surface area contributed by atoms with E-state index in [0.29, 0.717) is 5.75 Å². The summed E-state index contributed by atoms with van der Waals surface area (Å²) < 4.78 is 33.9. The molecule has 0 aromatic heterocycles. The first-order valence-electron chi connectivity index (χ1n) is 4.57. The third kappa shape index (κ3) is 3.57. The van der Waals surface area contributed by atoms with E-state index in [9.17, 15) is 3.74 Å². The molecule has 0 aliphatic carbocycles. The first-order chi connectivity index (χ1) is 7.30. The summed E-state index contributed by atoms with van der Waals surface area (Å²) in [7, 11) is 0. The summed E-state index contributed by atoms with van der Waals surface area (Å²) in [6.07, 6.45) is -0.634. The van der Waals surface area contributed by atoms with Gasteiger partial charge in [-0.15, -0.1) is 0 Å². The molecule has 0 aliphatic heterocycles. The van der Waals surface area contributed by atoms with Crippen LogP contribution in [0.15, 0.2) is 18.2 Å². The fraction of sp³-hybridized carbons (Fsp3) is 0.333. The number of ether oxygens (including phenoxy) is 1. The molecule has 1 unspecified atom stereocenters. The predicted molar refractivity (Wildman–Crippen MR) is 58.5 cm³/mol. The average Bonchev–Trinajstić information content (AvgIpc) is 2.14. The Morgan fingerprint density at radius 3 is 2.56 bits per heavy atom. The molecule has 0 fully saturated rings. The average molecular weight is 291 g/mol. The van der Waals surface area contributed by atoms with Crippen molar-refractivity contribution in [2.24, 2.45) is 0 Å². The summed E-state index contributed by atoms with van der Waals surface area (Å²) in [6, 6.07) is 3.85. The van der Waals surface area contributed by atoms with Crippen LogP contribution in [0.5, 0.6) is 5.75 Å². The van der Waals surface area contributed by atoms with Crippen LogP contribution < -0.4 is 14.8 Å². The molecular weight excluding hydrogens is 277 g/mol. The third-order valence-electron chi connectivity index (χ3n) is 1.81. The Bertz CT molecular complexity index is 414. The summed E-state index contributed by atoms with van der Waals surface area (Å²) >= 11 is -4.90. The summed E-state index contributed by atoms with van der Waals surface area (Å²) in [5.74, 6) is 0.300. The molecule has 0 heterocycles. The van der Waals surface area contributed by atoms with Crippen molar-refractivity contribution in [3.05, 3.63) is 18.2 Å². The number of benzene rings is 1. The van der Waals surface area contributed by atoms with Crippen molar-refractivity contribution in [1.82, 2.24) is 0 Å². The molecule has 0 saturated carbocycles. The van der Waals surface area contributed by atoms with Gasteiger partial charge in [-0.2, -0.15) is 0 Å². The summed E-state index contributed by atoms with van der Waals surface area (Å²) in [5, 5.41) is 9.00. The van der Waals surface area contributed by atoms with Gasteiger partial charge in [-0.1, -0.05) is 0 Å². The van der Waals surface area contributed by atoms with E-state index in [-0.39, 0.29) is 16.6 Å². The molecule has 6 nitrogen and oxygen atoms in total. The first kappa shape index (κ1) is 13.1. The summed E-state index contributed by atoms with van der Waals surface area (Å²) in [6.45, 7) is 1.63. The van der Waals surface area contributed by atoms with E-state index < -0.39 is 20.3 Å². The minimum atomic E-state index is -4.90. The van der Waals surface area contributed by atoms with Crippen LogP contribution in [0, 0.1) is 0 Å². The Morgan fingerprint density at radius 2 is 2.12 bits per heavy atom. The van der Waals surface area contributed by atoms with E-state index in [1.807, 2.05) is 0 Å². The van der Waals surface area contributed by atoms with Crippen LogP contribution in [-0.2, 0) is 3.74 Å². The second-order valence-electron chi connectivity index (χ2n) is 3.43. The zero-order chi connectivity index (χ0) is 12.3. The topological polar surface area (TPSA) is 113 Å². The Balaban J connectivity index is 2.88. The van der Waals surface area contributed by atoms with Crippen molar-refractivity contribution >= 4 is 24.2 Å². The van der Waals surface area contributed by atoms with Crippen molar-refractivity contribution in [2.75, 3.05) is 12.3 Å². The molecule has 90 valence electrons. The fourth-order valence-corrected chi connectivity index (χ4v) is 2.27. The van der Waals surface area contributed by atoms with Crippen LogP contribution >= 0.6 is 0 Å². The van der Waals surface area contributed by atoms with Gasteiger partial charge in [0.1, 0.15) is 0 Å². The van der Waals surface area contributed by atoms with Crippen LogP contribution in [0.25, 0.3) is 0 Å². The Kier molecular flexibility index (Phi) is 4.04. The monoisotopic (exact) mass is 291 g/mol. The predicted octanol–water partition coefficient (Wildman–Crippen LogP) is -1.41. The molecule has 1 rings (SSSR count). The maximum atomic E-state index is 11.0. The quantitative estimate of drug-likeness (QED) is 0.400. The number of nitrogens with two attached hydrogens (primary N) is 1. The minimum absolute atomic E-state index is 0.0739. The molecule has 0 saturated heterocycles. The van der Waals surface area contributed by atoms with Gasteiger partial charge in [-0.05, 0) is 0 Å². The van der Waals surface area contributed by atoms with Gasteiger partial charge in [0.15, 0.2) is 0 Å². The van der Waals surface area contributed by atoms with Crippen LogP contribution in [-0.4, -0.2) is 40.2 Å². The standard InChI is InChI=1S/C9H14AsNO5/c1-6(12)5-16-9-3-2-7(4-8(9)11)10(13,14)15/h2-4,6,12H,5,11H2,1H3,(H2,13,14,15). The van der Waals surface area contributed by atoms with E-state index in [0.717, 1.165) is 0 Å². The molecule has 1 atom stereocenters. The molecule has 0 amide bonds. The van der Waals surface area contributed by atoms with Crippen LogP contribution in [0.1, 0.15) is 6.92 Å². The Labute approximate surface area is 95.7 Å². The van der Waals surface area contributed by atoms with E-state index in [2.05, 4.69) is 0 Å².